The molecule has 8 heteroatoms. The highest BCUT2D eigenvalue weighted by atomic mass is 32.1. The molecule has 25 heavy (non-hydrogen) atoms. The van der Waals surface area contributed by atoms with Crippen LogP contribution in [-0.2, 0) is 5.54 Å². The standard InChI is InChI=1S/C17H15N3O3S2/c1-10-9-24-16(18-10)17(5-2-6-17)19-15(21)14-8-11-7-12(20(22)23)3-4-13(11)25-14/h3-4,7-9H,2,5-6H2,1H3,(H,19,21). The van der Waals surface area contributed by atoms with Gasteiger partial charge in [-0.3, -0.25) is 14.9 Å². The van der Waals surface area contributed by atoms with Gasteiger partial charge in [0.15, 0.2) is 0 Å². The molecule has 6 nitrogen and oxygen atoms in total. The molecule has 0 radical (unpaired) electrons. The van der Waals surface area contributed by atoms with Crippen molar-refractivity contribution in [2.24, 2.45) is 0 Å². The molecular formula is C17H15N3O3S2. The second kappa shape index (κ2) is 5.89. The molecule has 0 spiro atoms. The lowest BCUT2D eigenvalue weighted by Crippen LogP contribution is -2.50. The predicted octanol–water partition coefficient (Wildman–Crippen LogP) is 4.38. The number of carbonyl (C=O) groups excluding carboxylic acids is 1. The van der Waals surface area contributed by atoms with Gasteiger partial charge in [-0.05, 0) is 38.3 Å². The van der Waals surface area contributed by atoms with Crippen LogP contribution < -0.4 is 5.32 Å². The van der Waals surface area contributed by atoms with Crippen LogP contribution in [0.2, 0.25) is 0 Å². The Labute approximate surface area is 151 Å². The summed E-state index contributed by atoms with van der Waals surface area (Å²) in [5.74, 6) is -0.142. The van der Waals surface area contributed by atoms with Gasteiger partial charge in [0, 0.05) is 33.3 Å². The summed E-state index contributed by atoms with van der Waals surface area (Å²) in [6.07, 6.45) is 2.85. The van der Waals surface area contributed by atoms with E-state index in [1.165, 1.54) is 23.5 Å². The molecule has 0 bridgehead atoms. The molecule has 1 N–H and O–H groups in total. The number of thiophene rings is 1. The smallest absolute Gasteiger partial charge is 0.270 e. The van der Waals surface area contributed by atoms with Gasteiger partial charge in [-0.2, -0.15) is 0 Å². The number of nitro benzene ring substituents is 1. The monoisotopic (exact) mass is 373 g/mol. The van der Waals surface area contributed by atoms with E-state index in [2.05, 4.69) is 10.3 Å². The van der Waals surface area contributed by atoms with Crippen LogP contribution in [0.15, 0.2) is 29.6 Å². The fraction of sp³-hybridized carbons (Fsp3) is 0.294. The van der Waals surface area contributed by atoms with E-state index < -0.39 is 4.92 Å². The maximum Gasteiger partial charge on any atom is 0.270 e. The van der Waals surface area contributed by atoms with Crippen LogP contribution in [0, 0.1) is 17.0 Å². The number of aryl methyl sites for hydroxylation is 1. The van der Waals surface area contributed by atoms with Crippen molar-refractivity contribution in [3.8, 4) is 0 Å². The number of aromatic nitrogens is 1. The quantitative estimate of drug-likeness (QED) is 0.543. The predicted molar refractivity (Wildman–Crippen MR) is 98.3 cm³/mol. The Bertz CT molecular complexity index is 988. The molecule has 0 aliphatic heterocycles. The molecule has 0 atom stereocenters. The minimum Gasteiger partial charge on any atom is -0.339 e. The van der Waals surface area contributed by atoms with E-state index in [0.717, 1.165) is 40.1 Å². The zero-order valence-corrected chi connectivity index (χ0v) is 15.1. The Kier molecular flexibility index (Phi) is 3.81. The first-order valence-corrected chi connectivity index (χ1v) is 9.60. The SMILES string of the molecule is Cc1csc(C2(NC(=O)c3cc4cc([N+](=O)[O-])ccc4s3)CCC2)n1. The minimum atomic E-state index is -0.426. The molecule has 0 unspecified atom stereocenters. The summed E-state index contributed by atoms with van der Waals surface area (Å²) in [5, 5.41) is 17.7. The van der Waals surface area contributed by atoms with Crippen molar-refractivity contribution in [3.63, 3.8) is 0 Å². The lowest BCUT2D eigenvalue weighted by atomic mass is 9.77. The molecule has 2 heterocycles. The molecule has 128 valence electrons. The van der Waals surface area contributed by atoms with Gasteiger partial charge in [0.25, 0.3) is 11.6 Å². The van der Waals surface area contributed by atoms with E-state index in [-0.39, 0.29) is 17.1 Å². The van der Waals surface area contributed by atoms with Crippen LogP contribution in [-0.4, -0.2) is 15.8 Å². The van der Waals surface area contributed by atoms with Crippen LogP contribution in [0.4, 0.5) is 5.69 Å². The first-order chi connectivity index (χ1) is 12.0. The highest BCUT2D eigenvalue weighted by Gasteiger charge is 2.42. The molecule has 1 fully saturated rings. The van der Waals surface area contributed by atoms with Crippen LogP contribution in [0.1, 0.15) is 39.6 Å². The largest absolute Gasteiger partial charge is 0.339 e. The van der Waals surface area contributed by atoms with Crippen molar-refractivity contribution in [1.82, 2.24) is 10.3 Å². The van der Waals surface area contributed by atoms with Gasteiger partial charge in [-0.25, -0.2) is 4.98 Å². The lowest BCUT2D eigenvalue weighted by Gasteiger charge is -2.40. The van der Waals surface area contributed by atoms with Gasteiger partial charge in [0.2, 0.25) is 0 Å². The summed E-state index contributed by atoms with van der Waals surface area (Å²) in [4.78, 5) is 28.4. The van der Waals surface area contributed by atoms with E-state index in [9.17, 15) is 14.9 Å². The lowest BCUT2D eigenvalue weighted by molar-refractivity contribution is -0.384. The number of nitrogens with one attached hydrogen (secondary N) is 1. The summed E-state index contributed by atoms with van der Waals surface area (Å²) in [5.41, 5.74) is 0.638. The van der Waals surface area contributed by atoms with E-state index in [4.69, 9.17) is 0 Å². The van der Waals surface area contributed by atoms with Crippen LogP contribution in [0.3, 0.4) is 0 Å². The molecule has 4 rings (SSSR count). The summed E-state index contributed by atoms with van der Waals surface area (Å²) in [7, 11) is 0. The Hall–Kier alpha value is -2.32. The maximum atomic E-state index is 12.8. The Balaban J connectivity index is 1.62. The molecule has 3 aromatic rings. The summed E-state index contributed by atoms with van der Waals surface area (Å²) < 4.78 is 0.864. The molecule has 1 aromatic carbocycles. The van der Waals surface area contributed by atoms with Crippen LogP contribution in [0.5, 0.6) is 0 Å². The van der Waals surface area contributed by atoms with E-state index >= 15 is 0 Å². The number of thiazole rings is 1. The molecule has 1 saturated carbocycles. The Morgan fingerprint density at radius 2 is 2.16 bits per heavy atom. The number of nitrogens with zero attached hydrogens (tertiary/aromatic N) is 2. The van der Waals surface area contributed by atoms with Crippen molar-refractivity contribution < 1.29 is 9.72 Å². The normalized spacial score (nSPS) is 15.7. The molecular weight excluding hydrogens is 358 g/mol. The second-order valence-electron chi connectivity index (χ2n) is 6.27. The number of fused-ring (bicyclic) bond motifs is 1. The summed E-state index contributed by atoms with van der Waals surface area (Å²) in [6, 6.07) is 6.39. The first-order valence-electron chi connectivity index (χ1n) is 7.90. The highest BCUT2D eigenvalue weighted by molar-refractivity contribution is 7.20. The molecule has 1 aliphatic carbocycles. The van der Waals surface area contributed by atoms with Crippen molar-refractivity contribution in [1.29, 1.82) is 0 Å². The minimum absolute atomic E-state index is 0.0333. The van der Waals surface area contributed by atoms with Crippen molar-refractivity contribution in [3.05, 3.63) is 55.3 Å². The number of non-ortho nitro benzene ring substituents is 1. The number of benzene rings is 1. The molecule has 1 aliphatic rings. The third kappa shape index (κ3) is 2.81. The topological polar surface area (TPSA) is 85.1 Å². The van der Waals surface area contributed by atoms with E-state index in [1.54, 1.807) is 23.5 Å². The highest BCUT2D eigenvalue weighted by Crippen LogP contribution is 2.43. The van der Waals surface area contributed by atoms with Crippen LogP contribution in [0.25, 0.3) is 10.1 Å². The maximum absolute atomic E-state index is 12.8. The number of hydrogen-bond donors (Lipinski definition) is 1. The Morgan fingerprint density at radius 1 is 1.36 bits per heavy atom. The zero-order chi connectivity index (χ0) is 17.6. The van der Waals surface area contributed by atoms with E-state index in [0.29, 0.717) is 4.88 Å². The fourth-order valence-electron chi connectivity index (χ4n) is 3.03. The number of hydrogen-bond acceptors (Lipinski definition) is 6. The third-order valence-corrected chi connectivity index (χ3v) is 6.80. The molecule has 1 amide bonds. The van der Waals surface area contributed by atoms with Gasteiger partial charge in [-0.15, -0.1) is 22.7 Å². The van der Waals surface area contributed by atoms with Gasteiger partial charge < -0.3 is 5.32 Å². The third-order valence-electron chi connectivity index (χ3n) is 4.52. The zero-order valence-electron chi connectivity index (χ0n) is 13.4. The second-order valence-corrected chi connectivity index (χ2v) is 8.22. The van der Waals surface area contributed by atoms with Gasteiger partial charge in [0.05, 0.1) is 15.3 Å². The van der Waals surface area contributed by atoms with Gasteiger partial charge in [-0.1, -0.05) is 0 Å². The Morgan fingerprint density at radius 3 is 2.76 bits per heavy atom. The van der Waals surface area contributed by atoms with Crippen molar-refractivity contribution in [2.75, 3.05) is 0 Å². The van der Waals surface area contributed by atoms with Crippen molar-refractivity contribution >= 4 is 44.4 Å². The molecule has 2 aromatic heterocycles. The number of amides is 1. The first kappa shape index (κ1) is 16.2. The summed E-state index contributed by atoms with van der Waals surface area (Å²) in [6.45, 7) is 1.95. The number of carbonyl (C=O) groups is 1. The molecule has 0 saturated heterocycles. The van der Waals surface area contributed by atoms with Crippen LogP contribution >= 0.6 is 22.7 Å². The average molecular weight is 373 g/mol. The van der Waals surface area contributed by atoms with E-state index in [1.807, 2.05) is 12.3 Å². The average Bonchev–Trinajstić information content (AvgIpc) is 3.16. The summed E-state index contributed by atoms with van der Waals surface area (Å²) >= 11 is 2.93. The van der Waals surface area contributed by atoms with Gasteiger partial charge in [0.1, 0.15) is 5.01 Å². The number of rotatable bonds is 4. The van der Waals surface area contributed by atoms with Gasteiger partial charge >= 0.3 is 0 Å². The number of nitro groups is 1. The fourth-order valence-corrected chi connectivity index (χ4v) is 4.98. The van der Waals surface area contributed by atoms with Crippen molar-refractivity contribution in [2.45, 2.75) is 31.7 Å².